The van der Waals surface area contributed by atoms with Gasteiger partial charge in [-0.15, -0.1) is 0 Å². The van der Waals surface area contributed by atoms with Crippen molar-refractivity contribution in [2.24, 2.45) is 0 Å². The molecule has 9 nitrogen and oxygen atoms in total. The van der Waals surface area contributed by atoms with Crippen LogP contribution >= 0.6 is 0 Å². The summed E-state index contributed by atoms with van der Waals surface area (Å²) >= 11 is 0. The summed E-state index contributed by atoms with van der Waals surface area (Å²) in [5.41, 5.74) is -0.942. The lowest BCUT2D eigenvalue weighted by molar-refractivity contribution is -0.0355. The molecule has 1 saturated heterocycles. The highest BCUT2D eigenvalue weighted by atomic mass is 19.1. The van der Waals surface area contributed by atoms with Crippen molar-refractivity contribution in [3.8, 4) is 0 Å². The zero-order valence-electron chi connectivity index (χ0n) is 12.8. The van der Waals surface area contributed by atoms with E-state index in [1.807, 2.05) is 0 Å². The predicted molar refractivity (Wildman–Crippen MR) is 75.5 cm³/mol. The number of aromatic nitrogens is 2. The molecule has 1 aromatic rings. The SMILES string of the molecule is CCOC(=O)N(C)c1nc(=O)n([C@H]2O[C@@H](C)[C@H](O)[C@@H]2O)cc1F. The number of carbonyl (C=O) groups is 1. The molecule has 2 N–H and O–H groups in total. The number of hydrogen-bond donors (Lipinski definition) is 2. The normalized spacial score (nSPS) is 27.0. The van der Waals surface area contributed by atoms with Gasteiger partial charge in [0.1, 0.15) is 12.2 Å². The highest BCUT2D eigenvalue weighted by Crippen LogP contribution is 2.28. The van der Waals surface area contributed by atoms with E-state index in [1.165, 1.54) is 14.0 Å². The molecular weight excluding hydrogens is 313 g/mol. The molecule has 2 rings (SSSR count). The maximum Gasteiger partial charge on any atom is 0.415 e. The largest absolute Gasteiger partial charge is 0.449 e. The number of amides is 1. The first kappa shape index (κ1) is 17.3. The van der Waals surface area contributed by atoms with Crippen LogP contribution in [0.15, 0.2) is 11.0 Å². The molecule has 0 radical (unpaired) electrons. The van der Waals surface area contributed by atoms with Crippen molar-refractivity contribution in [2.75, 3.05) is 18.6 Å². The van der Waals surface area contributed by atoms with Crippen LogP contribution in [0.5, 0.6) is 0 Å². The summed E-state index contributed by atoms with van der Waals surface area (Å²) in [6.07, 6.45) is -4.71. The van der Waals surface area contributed by atoms with Crippen molar-refractivity contribution in [3.05, 3.63) is 22.5 Å². The highest BCUT2D eigenvalue weighted by molar-refractivity contribution is 5.85. The molecule has 0 spiro atoms. The maximum absolute atomic E-state index is 14.2. The smallest absolute Gasteiger partial charge is 0.415 e. The van der Waals surface area contributed by atoms with E-state index < -0.39 is 48.0 Å². The minimum atomic E-state index is -1.41. The molecule has 10 heteroatoms. The number of nitrogens with zero attached hydrogens (tertiary/aromatic N) is 3. The third kappa shape index (κ3) is 3.19. The highest BCUT2D eigenvalue weighted by Gasteiger charge is 2.42. The number of ether oxygens (including phenoxy) is 2. The molecule has 0 saturated carbocycles. The second kappa shape index (κ2) is 6.60. The van der Waals surface area contributed by atoms with Gasteiger partial charge < -0.3 is 19.7 Å². The number of aliphatic hydroxyl groups is 2. The van der Waals surface area contributed by atoms with Gasteiger partial charge in [0.15, 0.2) is 17.9 Å². The molecule has 2 heterocycles. The number of hydrogen-bond acceptors (Lipinski definition) is 7. The Balaban J connectivity index is 2.35. The molecule has 1 aliphatic rings. The molecule has 0 aromatic carbocycles. The van der Waals surface area contributed by atoms with Gasteiger partial charge in [-0.2, -0.15) is 4.98 Å². The van der Waals surface area contributed by atoms with E-state index in [9.17, 15) is 24.2 Å². The Hall–Kier alpha value is -2.04. The van der Waals surface area contributed by atoms with E-state index in [-0.39, 0.29) is 6.61 Å². The van der Waals surface area contributed by atoms with E-state index in [2.05, 4.69) is 4.98 Å². The van der Waals surface area contributed by atoms with Gasteiger partial charge in [-0.3, -0.25) is 9.47 Å². The summed E-state index contributed by atoms with van der Waals surface area (Å²) in [5.74, 6) is -1.49. The van der Waals surface area contributed by atoms with Gasteiger partial charge in [-0.25, -0.2) is 14.0 Å². The molecule has 0 aliphatic carbocycles. The van der Waals surface area contributed by atoms with Gasteiger partial charge >= 0.3 is 11.8 Å². The summed E-state index contributed by atoms with van der Waals surface area (Å²) in [4.78, 5) is 27.9. The number of aliphatic hydroxyl groups excluding tert-OH is 2. The van der Waals surface area contributed by atoms with Crippen LogP contribution in [-0.2, 0) is 9.47 Å². The monoisotopic (exact) mass is 331 g/mol. The molecule has 128 valence electrons. The summed E-state index contributed by atoms with van der Waals surface area (Å²) in [5, 5.41) is 19.5. The summed E-state index contributed by atoms with van der Waals surface area (Å²) in [7, 11) is 1.21. The van der Waals surface area contributed by atoms with Crippen molar-refractivity contribution >= 4 is 11.9 Å². The third-order valence-corrected chi connectivity index (χ3v) is 3.50. The quantitative estimate of drug-likeness (QED) is 0.775. The van der Waals surface area contributed by atoms with Gasteiger partial charge in [0.2, 0.25) is 0 Å². The van der Waals surface area contributed by atoms with E-state index in [1.54, 1.807) is 6.92 Å². The van der Waals surface area contributed by atoms with Crippen molar-refractivity contribution < 1.29 is 28.9 Å². The molecule has 23 heavy (non-hydrogen) atoms. The van der Waals surface area contributed by atoms with Crippen LogP contribution in [0.25, 0.3) is 0 Å². The average molecular weight is 331 g/mol. The predicted octanol–water partition coefficient (Wildman–Crippen LogP) is -0.386. The number of rotatable bonds is 3. The number of halogens is 1. The molecular formula is C13H18FN3O6. The Morgan fingerprint density at radius 2 is 2.17 bits per heavy atom. The van der Waals surface area contributed by atoms with Crippen LogP contribution < -0.4 is 10.6 Å². The van der Waals surface area contributed by atoms with Crippen LogP contribution in [0.4, 0.5) is 15.0 Å². The maximum atomic E-state index is 14.2. The van der Waals surface area contributed by atoms with E-state index in [0.717, 1.165) is 15.7 Å². The minimum absolute atomic E-state index is 0.0831. The number of anilines is 1. The van der Waals surface area contributed by atoms with Gasteiger partial charge in [0, 0.05) is 7.05 Å². The molecule has 4 atom stereocenters. The topological polar surface area (TPSA) is 114 Å². The molecule has 0 bridgehead atoms. The first-order valence-electron chi connectivity index (χ1n) is 6.98. The Kier molecular flexibility index (Phi) is 4.97. The Labute approximate surface area is 130 Å². The molecule has 0 unspecified atom stereocenters. The van der Waals surface area contributed by atoms with Crippen molar-refractivity contribution in [2.45, 2.75) is 38.4 Å². The van der Waals surface area contributed by atoms with Crippen LogP contribution in [0.2, 0.25) is 0 Å². The van der Waals surface area contributed by atoms with E-state index in [4.69, 9.17) is 9.47 Å². The first-order chi connectivity index (χ1) is 10.8. The molecule has 1 aliphatic heterocycles. The lowest BCUT2D eigenvalue weighted by Gasteiger charge is -2.20. The summed E-state index contributed by atoms with van der Waals surface area (Å²) < 4.78 is 24.9. The second-order valence-electron chi connectivity index (χ2n) is 5.07. The summed E-state index contributed by atoms with van der Waals surface area (Å²) in [6, 6.07) is 0. The van der Waals surface area contributed by atoms with E-state index in [0.29, 0.717) is 0 Å². The third-order valence-electron chi connectivity index (χ3n) is 3.50. The zero-order chi connectivity index (χ0) is 17.3. The van der Waals surface area contributed by atoms with Crippen LogP contribution in [0, 0.1) is 5.82 Å². The fraction of sp³-hybridized carbons (Fsp3) is 0.615. The van der Waals surface area contributed by atoms with Gasteiger partial charge in [-0.1, -0.05) is 0 Å². The van der Waals surface area contributed by atoms with Crippen LogP contribution in [0.3, 0.4) is 0 Å². The van der Waals surface area contributed by atoms with Gasteiger partial charge in [0.25, 0.3) is 0 Å². The van der Waals surface area contributed by atoms with Crippen molar-refractivity contribution in [1.29, 1.82) is 0 Å². The fourth-order valence-electron chi connectivity index (χ4n) is 2.22. The van der Waals surface area contributed by atoms with Crippen LogP contribution in [-0.4, -0.2) is 57.8 Å². The van der Waals surface area contributed by atoms with Gasteiger partial charge in [0.05, 0.1) is 18.9 Å². The number of carbonyl (C=O) groups excluding carboxylic acids is 1. The van der Waals surface area contributed by atoms with Crippen LogP contribution in [0.1, 0.15) is 20.1 Å². The standard InChI is InChI=1S/C13H18FN3O6/c1-4-22-13(21)16(3)10-7(14)5-17(12(20)15-10)11-9(19)8(18)6(2)23-11/h5-6,8-9,11,18-19H,4H2,1-3H3/t6-,8-,9-,11-/m0/s1. The lowest BCUT2D eigenvalue weighted by atomic mass is 10.1. The Morgan fingerprint density at radius 3 is 2.70 bits per heavy atom. The molecule has 1 aromatic heterocycles. The Bertz CT molecular complexity index is 651. The molecule has 1 fully saturated rings. The lowest BCUT2D eigenvalue weighted by Crippen LogP contribution is -2.37. The molecule has 1 amide bonds. The first-order valence-corrected chi connectivity index (χ1v) is 6.98. The van der Waals surface area contributed by atoms with Crippen molar-refractivity contribution in [1.82, 2.24) is 9.55 Å². The van der Waals surface area contributed by atoms with Gasteiger partial charge in [-0.05, 0) is 13.8 Å². The minimum Gasteiger partial charge on any atom is -0.449 e. The second-order valence-corrected chi connectivity index (χ2v) is 5.07. The van der Waals surface area contributed by atoms with Crippen molar-refractivity contribution in [3.63, 3.8) is 0 Å². The Morgan fingerprint density at radius 1 is 1.52 bits per heavy atom. The summed E-state index contributed by atoms with van der Waals surface area (Å²) in [6.45, 7) is 3.17. The average Bonchev–Trinajstić information content (AvgIpc) is 2.76. The van der Waals surface area contributed by atoms with E-state index >= 15 is 0 Å². The fourth-order valence-corrected chi connectivity index (χ4v) is 2.22. The zero-order valence-corrected chi connectivity index (χ0v) is 12.8.